The molecule has 2 saturated heterocycles. The minimum absolute atomic E-state index is 0.0226. The molecule has 8 heteroatoms. The highest BCUT2D eigenvalue weighted by Crippen LogP contribution is 2.41. The Labute approximate surface area is 146 Å². The van der Waals surface area contributed by atoms with Gasteiger partial charge in [0.2, 0.25) is 5.91 Å². The maximum absolute atomic E-state index is 12.5. The van der Waals surface area contributed by atoms with Crippen molar-refractivity contribution in [2.24, 2.45) is 12.5 Å². The van der Waals surface area contributed by atoms with Crippen LogP contribution in [0.5, 0.6) is 0 Å². The highest BCUT2D eigenvalue weighted by atomic mass is 16.4. The second-order valence-electron chi connectivity index (χ2n) is 7.23. The van der Waals surface area contributed by atoms with E-state index in [1.54, 1.807) is 31.0 Å². The SMILES string of the molecule is C[C@@H](C(=O)O)N1CC2(CCC1=O)CCN(C(=O)c1cnn(C)c1)CC2. The van der Waals surface area contributed by atoms with Crippen LogP contribution in [-0.2, 0) is 16.6 Å². The minimum Gasteiger partial charge on any atom is -0.480 e. The number of piperidine rings is 2. The number of likely N-dealkylation sites (tertiary alicyclic amines) is 2. The van der Waals surface area contributed by atoms with Crippen molar-refractivity contribution >= 4 is 17.8 Å². The number of carboxylic acids is 1. The van der Waals surface area contributed by atoms with E-state index in [2.05, 4.69) is 5.10 Å². The standard InChI is InChI=1S/C17H24N4O4/c1-12(16(24)25)21-11-17(4-3-14(21)22)5-7-20(8-6-17)15(23)13-9-18-19(2)10-13/h9-10,12H,3-8,11H2,1-2H3,(H,24,25)/t12-/m0/s1. The number of nitrogens with zero attached hydrogens (tertiary/aromatic N) is 4. The fourth-order valence-corrected chi connectivity index (χ4v) is 3.84. The Morgan fingerprint density at radius 2 is 1.96 bits per heavy atom. The van der Waals surface area contributed by atoms with Gasteiger partial charge in [0.15, 0.2) is 0 Å². The van der Waals surface area contributed by atoms with Gasteiger partial charge in [-0.05, 0) is 31.6 Å². The molecule has 0 saturated carbocycles. The van der Waals surface area contributed by atoms with Gasteiger partial charge in [-0.1, -0.05) is 0 Å². The van der Waals surface area contributed by atoms with E-state index in [9.17, 15) is 19.5 Å². The summed E-state index contributed by atoms with van der Waals surface area (Å²) < 4.78 is 1.61. The smallest absolute Gasteiger partial charge is 0.326 e. The Morgan fingerprint density at radius 1 is 1.28 bits per heavy atom. The van der Waals surface area contributed by atoms with E-state index in [1.807, 2.05) is 4.90 Å². The molecule has 0 bridgehead atoms. The predicted octanol–water partition coefficient (Wildman–Crippen LogP) is 0.738. The first-order valence-electron chi connectivity index (χ1n) is 8.61. The van der Waals surface area contributed by atoms with Gasteiger partial charge in [-0.25, -0.2) is 4.79 Å². The molecule has 1 aromatic heterocycles. The van der Waals surface area contributed by atoms with Crippen LogP contribution in [0.2, 0.25) is 0 Å². The van der Waals surface area contributed by atoms with Gasteiger partial charge in [0.25, 0.3) is 5.91 Å². The number of aliphatic carboxylic acids is 1. The van der Waals surface area contributed by atoms with Crippen molar-refractivity contribution in [3.8, 4) is 0 Å². The largest absolute Gasteiger partial charge is 0.480 e. The first-order valence-corrected chi connectivity index (χ1v) is 8.61. The first-order chi connectivity index (χ1) is 11.8. The number of amides is 2. The number of carbonyl (C=O) groups is 3. The normalized spacial score (nSPS) is 21.4. The van der Waals surface area contributed by atoms with Crippen molar-refractivity contribution in [1.82, 2.24) is 19.6 Å². The van der Waals surface area contributed by atoms with Gasteiger partial charge in [0, 0.05) is 39.3 Å². The lowest BCUT2D eigenvalue weighted by atomic mass is 9.72. The summed E-state index contributed by atoms with van der Waals surface area (Å²) in [6.45, 7) is 3.27. The molecule has 1 aromatic rings. The maximum atomic E-state index is 12.5. The summed E-state index contributed by atoms with van der Waals surface area (Å²) in [6.07, 6.45) is 6.01. The van der Waals surface area contributed by atoms with Gasteiger partial charge < -0.3 is 14.9 Å². The number of aryl methyl sites for hydroxylation is 1. The zero-order valence-corrected chi connectivity index (χ0v) is 14.6. The molecule has 8 nitrogen and oxygen atoms in total. The summed E-state index contributed by atoms with van der Waals surface area (Å²) in [5.74, 6) is -1.09. The average molecular weight is 348 g/mol. The Hall–Kier alpha value is -2.38. The molecule has 3 rings (SSSR count). The van der Waals surface area contributed by atoms with Crippen LogP contribution in [-0.4, -0.2) is 68.1 Å². The van der Waals surface area contributed by atoms with Crippen molar-refractivity contribution in [2.75, 3.05) is 19.6 Å². The van der Waals surface area contributed by atoms with E-state index in [0.717, 1.165) is 19.3 Å². The predicted molar refractivity (Wildman–Crippen MR) is 88.8 cm³/mol. The maximum Gasteiger partial charge on any atom is 0.326 e. The van der Waals surface area contributed by atoms with E-state index in [0.29, 0.717) is 31.6 Å². The van der Waals surface area contributed by atoms with Crippen molar-refractivity contribution in [3.05, 3.63) is 18.0 Å². The van der Waals surface area contributed by atoms with Crippen LogP contribution in [0.1, 0.15) is 43.0 Å². The molecule has 1 spiro atoms. The average Bonchev–Trinajstić information content (AvgIpc) is 3.03. The summed E-state index contributed by atoms with van der Waals surface area (Å²) in [5.41, 5.74) is 0.502. The molecular weight excluding hydrogens is 324 g/mol. The zero-order chi connectivity index (χ0) is 18.2. The van der Waals surface area contributed by atoms with Crippen molar-refractivity contribution in [3.63, 3.8) is 0 Å². The molecule has 0 aromatic carbocycles. The summed E-state index contributed by atoms with van der Waals surface area (Å²) in [5, 5.41) is 13.3. The second kappa shape index (κ2) is 6.50. The lowest BCUT2D eigenvalue weighted by molar-refractivity contribution is -0.154. The molecule has 2 fully saturated rings. The number of carbonyl (C=O) groups excluding carboxylic acids is 2. The third-order valence-electron chi connectivity index (χ3n) is 5.58. The van der Waals surface area contributed by atoms with E-state index in [-0.39, 0.29) is 17.2 Å². The van der Waals surface area contributed by atoms with Crippen LogP contribution >= 0.6 is 0 Å². The van der Waals surface area contributed by atoms with Crippen molar-refractivity contribution < 1.29 is 19.5 Å². The quantitative estimate of drug-likeness (QED) is 0.869. The van der Waals surface area contributed by atoms with Crippen LogP contribution in [0.25, 0.3) is 0 Å². The van der Waals surface area contributed by atoms with Crippen molar-refractivity contribution in [1.29, 1.82) is 0 Å². The molecule has 0 unspecified atom stereocenters. The van der Waals surface area contributed by atoms with Crippen LogP contribution in [0.4, 0.5) is 0 Å². The molecule has 2 aliphatic rings. The Morgan fingerprint density at radius 3 is 2.52 bits per heavy atom. The van der Waals surface area contributed by atoms with E-state index >= 15 is 0 Å². The van der Waals surface area contributed by atoms with Gasteiger partial charge in [-0.3, -0.25) is 14.3 Å². The Bertz CT molecular complexity index is 691. The van der Waals surface area contributed by atoms with Gasteiger partial charge in [0.05, 0.1) is 11.8 Å². The molecule has 25 heavy (non-hydrogen) atoms. The monoisotopic (exact) mass is 348 g/mol. The van der Waals surface area contributed by atoms with Gasteiger partial charge in [0.1, 0.15) is 6.04 Å². The molecular formula is C17H24N4O4. The summed E-state index contributed by atoms with van der Waals surface area (Å²) in [4.78, 5) is 39.2. The molecule has 3 heterocycles. The lowest BCUT2D eigenvalue weighted by Gasteiger charge is -2.48. The highest BCUT2D eigenvalue weighted by molar-refractivity contribution is 5.93. The van der Waals surface area contributed by atoms with Gasteiger partial charge in [-0.15, -0.1) is 0 Å². The van der Waals surface area contributed by atoms with Gasteiger partial charge >= 0.3 is 5.97 Å². The molecule has 1 atom stereocenters. The molecule has 0 radical (unpaired) electrons. The lowest BCUT2D eigenvalue weighted by Crippen LogP contribution is -2.55. The molecule has 2 aliphatic heterocycles. The number of hydrogen-bond donors (Lipinski definition) is 1. The summed E-state index contributed by atoms with van der Waals surface area (Å²) in [6, 6.07) is -0.806. The summed E-state index contributed by atoms with van der Waals surface area (Å²) in [7, 11) is 1.78. The Kier molecular flexibility index (Phi) is 4.53. The minimum atomic E-state index is -0.977. The number of aromatic nitrogens is 2. The molecule has 2 amide bonds. The topological polar surface area (TPSA) is 95.7 Å². The van der Waals surface area contributed by atoms with Crippen LogP contribution < -0.4 is 0 Å². The third kappa shape index (κ3) is 3.38. The van der Waals surface area contributed by atoms with E-state index in [4.69, 9.17) is 0 Å². The number of rotatable bonds is 3. The highest BCUT2D eigenvalue weighted by Gasteiger charge is 2.44. The first kappa shape index (κ1) is 17.4. The van der Waals surface area contributed by atoms with Crippen LogP contribution in [0.3, 0.4) is 0 Å². The number of carboxylic acid groups (broad SMARTS) is 1. The molecule has 136 valence electrons. The third-order valence-corrected chi connectivity index (χ3v) is 5.58. The molecule has 0 aliphatic carbocycles. The van der Waals surface area contributed by atoms with E-state index in [1.165, 1.54) is 4.90 Å². The van der Waals surface area contributed by atoms with E-state index < -0.39 is 12.0 Å². The summed E-state index contributed by atoms with van der Waals surface area (Å²) >= 11 is 0. The number of hydrogen-bond acceptors (Lipinski definition) is 4. The molecule has 1 N–H and O–H groups in total. The van der Waals surface area contributed by atoms with Crippen molar-refractivity contribution in [2.45, 2.75) is 38.6 Å². The fourth-order valence-electron chi connectivity index (χ4n) is 3.84. The van der Waals surface area contributed by atoms with Gasteiger partial charge in [-0.2, -0.15) is 5.10 Å². The van der Waals surface area contributed by atoms with Crippen LogP contribution in [0, 0.1) is 5.41 Å². The zero-order valence-electron chi connectivity index (χ0n) is 14.6. The Balaban J connectivity index is 1.65. The van der Waals surface area contributed by atoms with Crippen LogP contribution in [0.15, 0.2) is 12.4 Å². The fraction of sp³-hybridized carbons (Fsp3) is 0.647. The second-order valence-corrected chi connectivity index (χ2v) is 7.23.